The van der Waals surface area contributed by atoms with Gasteiger partial charge in [-0.3, -0.25) is 0 Å². The quantitative estimate of drug-likeness (QED) is 0.903. The van der Waals surface area contributed by atoms with Crippen molar-refractivity contribution in [3.8, 4) is 0 Å². The Hall–Kier alpha value is -0.610. The minimum absolute atomic E-state index is 0.0407. The minimum Gasteiger partial charge on any atom is -0.381 e. The first-order chi connectivity index (χ1) is 9.16. The van der Waals surface area contributed by atoms with Crippen molar-refractivity contribution >= 4 is 11.6 Å². The van der Waals surface area contributed by atoms with Gasteiger partial charge in [-0.05, 0) is 43.4 Å². The van der Waals surface area contributed by atoms with Gasteiger partial charge in [0.1, 0.15) is 0 Å². The first kappa shape index (κ1) is 14.8. The number of halogens is 1. The zero-order valence-corrected chi connectivity index (χ0v) is 12.1. The third-order valence-electron chi connectivity index (χ3n) is 3.53. The van der Waals surface area contributed by atoms with Crippen molar-refractivity contribution in [1.82, 2.24) is 0 Å². The van der Waals surface area contributed by atoms with Crippen molar-refractivity contribution in [3.63, 3.8) is 0 Å². The van der Waals surface area contributed by atoms with Crippen LogP contribution in [0.2, 0.25) is 5.02 Å². The normalized spacial score (nSPS) is 20.2. The molecule has 106 valence electrons. The predicted molar refractivity (Wildman–Crippen MR) is 77.3 cm³/mol. The van der Waals surface area contributed by atoms with Crippen molar-refractivity contribution in [2.45, 2.75) is 31.9 Å². The highest BCUT2D eigenvalue weighted by molar-refractivity contribution is 6.30. The Morgan fingerprint density at radius 3 is 2.53 bits per heavy atom. The third kappa shape index (κ3) is 4.46. The summed E-state index contributed by atoms with van der Waals surface area (Å²) in [5.74, 6) is 0.585. The van der Waals surface area contributed by atoms with Crippen LogP contribution in [0.3, 0.4) is 0 Å². The SMILES string of the molecule is CC(N)C(OCC1CCOCC1)c1ccc(Cl)cc1. The van der Waals surface area contributed by atoms with E-state index >= 15 is 0 Å². The predicted octanol–water partition coefficient (Wildman–Crippen LogP) is 3.17. The smallest absolute Gasteiger partial charge is 0.0973 e. The maximum absolute atomic E-state index is 6.05. The molecular formula is C15H22ClNO2. The molecular weight excluding hydrogens is 262 g/mol. The van der Waals surface area contributed by atoms with Crippen LogP contribution in [0, 0.1) is 5.92 Å². The molecule has 0 bridgehead atoms. The molecule has 19 heavy (non-hydrogen) atoms. The summed E-state index contributed by atoms with van der Waals surface area (Å²) in [6.45, 7) is 4.41. The molecule has 2 rings (SSSR count). The topological polar surface area (TPSA) is 44.5 Å². The van der Waals surface area contributed by atoms with Crippen molar-refractivity contribution < 1.29 is 9.47 Å². The highest BCUT2D eigenvalue weighted by Crippen LogP contribution is 2.25. The van der Waals surface area contributed by atoms with Gasteiger partial charge in [0.05, 0.1) is 12.7 Å². The third-order valence-corrected chi connectivity index (χ3v) is 3.78. The van der Waals surface area contributed by atoms with Gasteiger partial charge in [0, 0.05) is 24.3 Å². The van der Waals surface area contributed by atoms with E-state index in [0.29, 0.717) is 5.92 Å². The summed E-state index contributed by atoms with van der Waals surface area (Å²) in [5, 5.41) is 0.733. The first-order valence-corrected chi connectivity index (χ1v) is 7.25. The largest absolute Gasteiger partial charge is 0.381 e. The Morgan fingerprint density at radius 2 is 1.95 bits per heavy atom. The Bertz CT molecular complexity index is 374. The Labute approximate surface area is 120 Å². The van der Waals surface area contributed by atoms with E-state index in [2.05, 4.69) is 0 Å². The molecule has 0 spiro atoms. The van der Waals surface area contributed by atoms with E-state index in [9.17, 15) is 0 Å². The highest BCUT2D eigenvalue weighted by Gasteiger charge is 2.20. The summed E-state index contributed by atoms with van der Waals surface area (Å²) in [5.41, 5.74) is 7.13. The lowest BCUT2D eigenvalue weighted by atomic mass is 10.0. The Balaban J connectivity index is 1.94. The lowest BCUT2D eigenvalue weighted by Crippen LogP contribution is -2.29. The maximum Gasteiger partial charge on any atom is 0.0973 e. The van der Waals surface area contributed by atoms with Crippen LogP contribution in [0.15, 0.2) is 24.3 Å². The van der Waals surface area contributed by atoms with E-state index in [-0.39, 0.29) is 12.1 Å². The van der Waals surface area contributed by atoms with Gasteiger partial charge in [-0.25, -0.2) is 0 Å². The Morgan fingerprint density at radius 1 is 1.32 bits per heavy atom. The molecule has 2 N–H and O–H groups in total. The molecule has 2 atom stereocenters. The van der Waals surface area contributed by atoms with Gasteiger partial charge < -0.3 is 15.2 Å². The van der Waals surface area contributed by atoms with E-state index < -0.39 is 0 Å². The van der Waals surface area contributed by atoms with Gasteiger partial charge in [-0.15, -0.1) is 0 Å². The molecule has 0 aromatic heterocycles. The fraction of sp³-hybridized carbons (Fsp3) is 0.600. The molecule has 4 heteroatoms. The average molecular weight is 284 g/mol. The summed E-state index contributed by atoms with van der Waals surface area (Å²) in [4.78, 5) is 0. The molecule has 1 aromatic carbocycles. The second-order valence-electron chi connectivity index (χ2n) is 5.22. The average Bonchev–Trinajstić information content (AvgIpc) is 2.42. The number of hydrogen-bond acceptors (Lipinski definition) is 3. The molecule has 3 nitrogen and oxygen atoms in total. The van der Waals surface area contributed by atoms with Crippen LogP contribution in [0.5, 0.6) is 0 Å². The van der Waals surface area contributed by atoms with Crippen LogP contribution in [-0.4, -0.2) is 25.9 Å². The van der Waals surface area contributed by atoms with Crippen LogP contribution >= 0.6 is 11.6 Å². The fourth-order valence-corrected chi connectivity index (χ4v) is 2.48. The van der Waals surface area contributed by atoms with E-state index in [1.165, 1.54) is 0 Å². The molecule has 0 saturated carbocycles. The van der Waals surface area contributed by atoms with Gasteiger partial charge in [0.2, 0.25) is 0 Å². The summed E-state index contributed by atoms with van der Waals surface area (Å²) < 4.78 is 11.4. The van der Waals surface area contributed by atoms with E-state index in [4.69, 9.17) is 26.8 Å². The van der Waals surface area contributed by atoms with Crippen molar-refractivity contribution in [2.24, 2.45) is 11.7 Å². The molecule has 0 aliphatic carbocycles. The number of rotatable bonds is 5. The van der Waals surface area contributed by atoms with Crippen LogP contribution < -0.4 is 5.73 Å². The van der Waals surface area contributed by atoms with E-state index in [1.807, 2.05) is 31.2 Å². The first-order valence-electron chi connectivity index (χ1n) is 6.87. The van der Waals surface area contributed by atoms with Crippen molar-refractivity contribution in [2.75, 3.05) is 19.8 Å². The summed E-state index contributed by atoms with van der Waals surface area (Å²) in [6, 6.07) is 7.69. The second-order valence-corrected chi connectivity index (χ2v) is 5.66. The van der Waals surface area contributed by atoms with Gasteiger partial charge in [-0.2, -0.15) is 0 Å². The molecule has 0 amide bonds. The van der Waals surface area contributed by atoms with Crippen molar-refractivity contribution in [1.29, 1.82) is 0 Å². The standard InChI is InChI=1S/C15H22ClNO2/c1-11(17)15(13-2-4-14(16)5-3-13)19-10-12-6-8-18-9-7-12/h2-5,11-12,15H,6-10,17H2,1H3. The minimum atomic E-state index is -0.0693. The van der Waals surface area contributed by atoms with Crippen LogP contribution in [-0.2, 0) is 9.47 Å². The number of nitrogens with two attached hydrogens (primary N) is 1. The molecule has 1 aliphatic heterocycles. The Kier molecular flexibility index (Phi) is 5.64. The zero-order chi connectivity index (χ0) is 13.7. The molecule has 0 radical (unpaired) electrons. The van der Waals surface area contributed by atoms with E-state index in [0.717, 1.165) is 43.2 Å². The summed E-state index contributed by atoms with van der Waals surface area (Å²) >= 11 is 5.91. The molecule has 1 heterocycles. The lowest BCUT2D eigenvalue weighted by molar-refractivity contribution is -0.0187. The fourth-order valence-electron chi connectivity index (χ4n) is 2.36. The number of benzene rings is 1. The van der Waals surface area contributed by atoms with Gasteiger partial charge >= 0.3 is 0 Å². The second kappa shape index (κ2) is 7.25. The zero-order valence-electron chi connectivity index (χ0n) is 11.3. The highest BCUT2D eigenvalue weighted by atomic mass is 35.5. The summed E-state index contributed by atoms with van der Waals surface area (Å²) in [7, 11) is 0. The molecule has 1 aliphatic rings. The molecule has 1 fully saturated rings. The summed E-state index contributed by atoms with van der Waals surface area (Å²) in [6.07, 6.45) is 2.08. The molecule has 2 unspecified atom stereocenters. The van der Waals surface area contributed by atoms with Gasteiger partial charge in [0.25, 0.3) is 0 Å². The van der Waals surface area contributed by atoms with Crippen LogP contribution in [0.4, 0.5) is 0 Å². The molecule has 1 saturated heterocycles. The van der Waals surface area contributed by atoms with Gasteiger partial charge in [-0.1, -0.05) is 23.7 Å². The van der Waals surface area contributed by atoms with Crippen LogP contribution in [0.25, 0.3) is 0 Å². The van der Waals surface area contributed by atoms with Gasteiger partial charge in [0.15, 0.2) is 0 Å². The number of hydrogen-bond donors (Lipinski definition) is 1. The maximum atomic E-state index is 6.05. The van der Waals surface area contributed by atoms with E-state index in [1.54, 1.807) is 0 Å². The monoisotopic (exact) mass is 283 g/mol. The van der Waals surface area contributed by atoms with Crippen molar-refractivity contribution in [3.05, 3.63) is 34.9 Å². The molecule has 1 aromatic rings. The lowest BCUT2D eigenvalue weighted by Gasteiger charge is -2.27. The number of ether oxygens (including phenoxy) is 2. The van der Waals surface area contributed by atoms with Crippen LogP contribution in [0.1, 0.15) is 31.4 Å².